The molecule has 3 N–H and O–H groups in total. The van der Waals surface area contributed by atoms with E-state index in [1.54, 1.807) is 13.2 Å². The molecule has 5 heteroatoms. The van der Waals surface area contributed by atoms with Crippen molar-refractivity contribution in [3.8, 4) is 5.75 Å². The van der Waals surface area contributed by atoms with Crippen LogP contribution in [0.25, 0.3) is 21.8 Å². The molecule has 0 aliphatic heterocycles. The van der Waals surface area contributed by atoms with E-state index in [0.29, 0.717) is 5.75 Å². The smallest absolute Gasteiger partial charge is 0.352 e. The van der Waals surface area contributed by atoms with Gasteiger partial charge in [0.15, 0.2) is 0 Å². The molecule has 0 atom stereocenters. The van der Waals surface area contributed by atoms with Crippen molar-refractivity contribution < 1.29 is 14.6 Å². The van der Waals surface area contributed by atoms with Crippen LogP contribution < -0.4 is 4.74 Å². The number of methoxy groups -OCH3 is 1. The maximum Gasteiger partial charge on any atom is 0.352 e. The third kappa shape index (κ3) is 1.29. The van der Waals surface area contributed by atoms with E-state index in [0.717, 1.165) is 21.8 Å². The largest absolute Gasteiger partial charge is 0.496 e. The second-order valence-electron chi connectivity index (χ2n) is 3.80. The molecule has 0 aliphatic carbocycles. The van der Waals surface area contributed by atoms with Gasteiger partial charge in [0.1, 0.15) is 11.4 Å². The van der Waals surface area contributed by atoms with Crippen LogP contribution >= 0.6 is 0 Å². The van der Waals surface area contributed by atoms with Crippen molar-refractivity contribution in [1.29, 1.82) is 0 Å². The first-order valence-electron chi connectivity index (χ1n) is 5.11. The number of hydrogen-bond acceptors (Lipinski definition) is 2. The van der Waals surface area contributed by atoms with E-state index in [1.807, 2.05) is 18.3 Å². The Balaban J connectivity index is 2.48. The Labute approximate surface area is 96.0 Å². The predicted molar refractivity (Wildman–Crippen MR) is 63.7 cm³/mol. The van der Waals surface area contributed by atoms with Gasteiger partial charge in [-0.1, -0.05) is 0 Å². The Morgan fingerprint density at radius 3 is 2.88 bits per heavy atom. The number of carbonyl (C=O) groups is 1. The number of aromatic carboxylic acids is 1. The molecule has 3 aromatic rings. The van der Waals surface area contributed by atoms with Crippen LogP contribution in [-0.4, -0.2) is 28.2 Å². The van der Waals surface area contributed by atoms with Crippen LogP contribution in [-0.2, 0) is 0 Å². The minimum absolute atomic E-state index is 0.153. The zero-order chi connectivity index (χ0) is 12.0. The quantitative estimate of drug-likeness (QED) is 0.632. The molecule has 2 aromatic heterocycles. The Morgan fingerprint density at radius 1 is 1.35 bits per heavy atom. The van der Waals surface area contributed by atoms with Crippen molar-refractivity contribution in [2.45, 2.75) is 0 Å². The van der Waals surface area contributed by atoms with Gasteiger partial charge in [-0.25, -0.2) is 4.79 Å². The fraction of sp³-hybridized carbons (Fsp3) is 0.0833. The van der Waals surface area contributed by atoms with Crippen molar-refractivity contribution in [3.05, 3.63) is 30.1 Å². The summed E-state index contributed by atoms with van der Waals surface area (Å²) in [6.07, 6.45) is 1.81. The molecular weight excluding hydrogens is 220 g/mol. The first-order valence-corrected chi connectivity index (χ1v) is 5.11. The van der Waals surface area contributed by atoms with Gasteiger partial charge in [0.05, 0.1) is 18.1 Å². The molecule has 17 heavy (non-hydrogen) atoms. The molecule has 0 amide bonds. The molecule has 2 heterocycles. The highest BCUT2D eigenvalue weighted by molar-refractivity contribution is 6.09. The number of hydrogen-bond donors (Lipinski definition) is 3. The summed E-state index contributed by atoms with van der Waals surface area (Å²) in [7, 11) is 1.57. The van der Waals surface area contributed by atoms with E-state index in [4.69, 9.17) is 9.84 Å². The molecule has 0 aliphatic rings. The zero-order valence-corrected chi connectivity index (χ0v) is 9.07. The topological polar surface area (TPSA) is 78.1 Å². The first-order chi connectivity index (χ1) is 8.20. The first kappa shape index (κ1) is 9.77. The molecule has 0 fully saturated rings. The average Bonchev–Trinajstić information content (AvgIpc) is 2.92. The van der Waals surface area contributed by atoms with E-state index in [-0.39, 0.29) is 5.69 Å². The van der Waals surface area contributed by atoms with Gasteiger partial charge in [0.25, 0.3) is 0 Å². The molecule has 3 rings (SSSR count). The molecule has 0 radical (unpaired) electrons. The lowest BCUT2D eigenvalue weighted by atomic mass is 10.1. The lowest BCUT2D eigenvalue weighted by Gasteiger charge is -2.02. The summed E-state index contributed by atoms with van der Waals surface area (Å²) in [5.41, 5.74) is 1.79. The Kier molecular flexibility index (Phi) is 1.89. The molecule has 0 saturated carbocycles. The van der Waals surface area contributed by atoms with Gasteiger partial charge < -0.3 is 19.8 Å². The van der Waals surface area contributed by atoms with Gasteiger partial charge in [-0.15, -0.1) is 0 Å². The van der Waals surface area contributed by atoms with Crippen LogP contribution in [0.1, 0.15) is 10.5 Å². The van der Waals surface area contributed by atoms with E-state index in [9.17, 15) is 4.79 Å². The number of nitrogens with one attached hydrogen (secondary N) is 2. The van der Waals surface area contributed by atoms with Crippen molar-refractivity contribution in [3.63, 3.8) is 0 Å². The molecule has 5 nitrogen and oxygen atoms in total. The van der Waals surface area contributed by atoms with Crippen molar-refractivity contribution in [1.82, 2.24) is 9.97 Å². The fourth-order valence-electron chi connectivity index (χ4n) is 2.07. The van der Waals surface area contributed by atoms with Crippen molar-refractivity contribution in [2.24, 2.45) is 0 Å². The predicted octanol–water partition coefficient (Wildman–Crippen LogP) is 2.36. The van der Waals surface area contributed by atoms with Crippen molar-refractivity contribution >= 4 is 27.8 Å². The van der Waals surface area contributed by atoms with Crippen LogP contribution in [0.3, 0.4) is 0 Å². The third-order valence-corrected chi connectivity index (χ3v) is 2.85. The summed E-state index contributed by atoms with van der Waals surface area (Å²) in [5.74, 6) is -0.321. The van der Waals surface area contributed by atoms with Crippen LogP contribution in [0, 0.1) is 0 Å². The monoisotopic (exact) mass is 230 g/mol. The molecule has 86 valence electrons. The van der Waals surface area contributed by atoms with E-state index < -0.39 is 5.97 Å². The molecule has 0 saturated heterocycles. The summed E-state index contributed by atoms with van der Waals surface area (Å²) in [4.78, 5) is 16.9. The maximum absolute atomic E-state index is 11.0. The molecule has 0 unspecified atom stereocenters. The van der Waals surface area contributed by atoms with Crippen LogP contribution in [0.15, 0.2) is 24.4 Å². The third-order valence-electron chi connectivity index (χ3n) is 2.85. The van der Waals surface area contributed by atoms with Crippen LogP contribution in [0.2, 0.25) is 0 Å². The molecular formula is C12H10N2O3. The number of fused-ring (bicyclic) bond motifs is 3. The van der Waals surface area contributed by atoms with E-state index >= 15 is 0 Å². The van der Waals surface area contributed by atoms with Gasteiger partial charge in [-0.3, -0.25) is 0 Å². The number of carboxylic acid groups (broad SMARTS) is 1. The fourth-order valence-corrected chi connectivity index (χ4v) is 2.07. The van der Waals surface area contributed by atoms with E-state index in [2.05, 4.69) is 9.97 Å². The highest BCUT2D eigenvalue weighted by Crippen LogP contribution is 2.32. The van der Waals surface area contributed by atoms with Gasteiger partial charge in [-0.2, -0.15) is 0 Å². The van der Waals surface area contributed by atoms with Gasteiger partial charge in [0, 0.05) is 17.0 Å². The number of benzene rings is 1. The molecule has 1 aromatic carbocycles. The number of aromatic nitrogens is 2. The van der Waals surface area contributed by atoms with Crippen LogP contribution in [0.4, 0.5) is 0 Å². The molecule has 0 bridgehead atoms. The Morgan fingerprint density at radius 2 is 2.18 bits per heavy atom. The maximum atomic E-state index is 11.0. The second-order valence-corrected chi connectivity index (χ2v) is 3.80. The SMILES string of the molecule is COc1cc2cc[nH]c2c2[nH]c(C(=O)O)cc12. The lowest BCUT2D eigenvalue weighted by molar-refractivity contribution is 0.0691. The Hall–Kier alpha value is -2.43. The average molecular weight is 230 g/mol. The number of aromatic amines is 2. The lowest BCUT2D eigenvalue weighted by Crippen LogP contribution is -1.94. The Bertz CT molecular complexity index is 724. The van der Waals surface area contributed by atoms with Gasteiger partial charge in [-0.05, 0) is 18.2 Å². The minimum atomic E-state index is -0.983. The van der Waals surface area contributed by atoms with Gasteiger partial charge in [0.2, 0.25) is 0 Å². The standard InChI is InChI=1S/C12H10N2O3/c1-17-9-4-6-2-3-13-10(6)11-7(9)5-8(14-11)12(15)16/h2-5,13-14H,1H3,(H,15,16). The minimum Gasteiger partial charge on any atom is -0.496 e. The number of ether oxygens (including phenoxy) is 1. The second kappa shape index (κ2) is 3.28. The highest BCUT2D eigenvalue weighted by atomic mass is 16.5. The summed E-state index contributed by atoms with van der Waals surface area (Å²) >= 11 is 0. The molecule has 0 spiro atoms. The number of carboxylic acids is 1. The van der Waals surface area contributed by atoms with Crippen molar-refractivity contribution in [2.75, 3.05) is 7.11 Å². The number of H-pyrrole nitrogens is 2. The normalized spacial score (nSPS) is 11.1. The number of rotatable bonds is 2. The van der Waals surface area contributed by atoms with Gasteiger partial charge >= 0.3 is 5.97 Å². The summed E-state index contributed by atoms with van der Waals surface area (Å²) in [6.45, 7) is 0. The van der Waals surface area contributed by atoms with E-state index in [1.165, 1.54) is 0 Å². The summed E-state index contributed by atoms with van der Waals surface area (Å²) in [5, 5.41) is 10.7. The highest BCUT2D eigenvalue weighted by Gasteiger charge is 2.14. The summed E-state index contributed by atoms with van der Waals surface area (Å²) < 4.78 is 5.27. The van der Waals surface area contributed by atoms with Crippen LogP contribution in [0.5, 0.6) is 5.75 Å². The zero-order valence-electron chi connectivity index (χ0n) is 9.07. The summed E-state index contributed by atoms with van der Waals surface area (Å²) in [6, 6.07) is 5.38.